The van der Waals surface area contributed by atoms with Crippen LogP contribution >= 0.6 is 0 Å². The lowest BCUT2D eigenvalue weighted by molar-refractivity contribution is -0.127. The maximum Gasteiger partial charge on any atom is 0.243 e. The molecule has 1 amide bonds. The smallest absolute Gasteiger partial charge is 0.243 e. The van der Waals surface area contributed by atoms with Crippen molar-refractivity contribution >= 4 is 11.9 Å². The van der Waals surface area contributed by atoms with E-state index in [0.29, 0.717) is 12.5 Å². The Kier molecular flexibility index (Phi) is 7.93. The van der Waals surface area contributed by atoms with E-state index in [1.807, 2.05) is 24.9 Å². The molecule has 1 aliphatic rings. The molecule has 8 nitrogen and oxygen atoms in total. The monoisotopic (exact) mass is 365 g/mol. The number of aryl methyl sites for hydroxylation is 1. The van der Waals surface area contributed by atoms with Gasteiger partial charge in [-0.05, 0) is 13.0 Å². The predicted octanol–water partition coefficient (Wildman–Crippen LogP) is 0.386. The van der Waals surface area contributed by atoms with E-state index in [1.165, 1.54) is 0 Å². The molecular formula is C18H31N5O3. The van der Waals surface area contributed by atoms with Crippen LogP contribution in [-0.2, 0) is 16.1 Å². The van der Waals surface area contributed by atoms with Crippen LogP contribution in [0, 0.1) is 6.92 Å². The molecule has 0 spiro atoms. The number of carbonyl (C=O) groups excluding carboxylic acids is 1. The van der Waals surface area contributed by atoms with Crippen molar-refractivity contribution in [3.63, 3.8) is 0 Å². The molecule has 1 saturated heterocycles. The summed E-state index contributed by atoms with van der Waals surface area (Å²) in [6.45, 7) is 7.92. The van der Waals surface area contributed by atoms with E-state index in [4.69, 9.17) is 9.15 Å². The van der Waals surface area contributed by atoms with Gasteiger partial charge in [0.05, 0.1) is 19.5 Å². The van der Waals surface area contributed by atoms with E-state index in [1.54, 1.807) is 25.3 Å². The molecular weight excluding hydrogens is 334 g/mol. The number of hydrogen-bond donors (Lipinski definition) is 1. The minimum Gasteiger partial charge on any atom is -0.469 e. The normalized spacial score (nSPS) is 15.8. The van der Waals surface area contributed by atoms with Gasteiger partial charge in [-0.15, -0.1) is 0 Å². The Bertz CT molecular complexity index is 593. The zero-order chi connectivity index (χ0) is 18.9. The molecule has 0 aliphatic carbocycles. The minimum atomic E-state index is -0.0228. The van der Waals surface area contributed by atoms with Crippen LogP contribution in [0.15, 0.2) is 21.7 Å². The first-order valence-corrected chi connectivity index (χ1v) is 9.00. The van der Waals surface area contributed by atoms with Crippen LogP contribution in [0.3, 0.4) is 0 Å². The van der Waals surface area contributed by atoms with Crippen LogP contribution in [0.4, 0.5) is 0 Å². The molecule has 0 aromatic carbocycles. The third kappa shape index (κ3) is 6.34. The number of furan rings is 1. The average Bonchev–Trinajstić information content (AvgIpc) is 3.03. The number of rotatable bonds is 7. The van der Waals surface area contributed by atoms with Crippen molar-refractivity contribution in [2.75, 3.05) is 67.1 Å². The van der Waals surface area contributed by atoms with Crippen LogP contribution in [0.5, 0.6) is 0 Å². The minimum absolute atomic E-state index is 0.0228. The molecule has 0 saturated carbocycles. The van der Waals surface area contributed by atoms with Crippen LogP contribution in [0.25, 0.3) is 0 Å². The Morgan fingerprint density at radius 2 is 2.04 bits per heavy atom. The zero-order valence-electron chi connectivity index (χ0n) is 16.3. The highest BCUT2D eigenvalue weighted by Gasteiger charge is 2.13. The number of guanidine groups is 1. The number of nitrogens with zero attached hydrogens (tertiary/aromatic N) is 4. The number of ether oxygens (including phenoxy) is 1. The third-order valence-corrected chi connectivity index (χ3v) is 4.41. The molecule has 26 heavy (non-hydrogen) atoms. The van der Waals surface area contributed by atoms with E-state index >= 15 is 0 Å². The van der Waals surface area contributed by atoms with Crippen molar-refractivity contribution in [1.29, 1.82) is 0 Å². The van der Waals surface area contributed by atoms with Crippen LogP contribution in [0.2, 0.25) is 0 Å². The maximum absolute atomic E-state index is 11.9. The first kappa shape index (κ1) is 20.3. The standard InChI is InChI=1S/C18H31N5O3/c1-15-16(5-10-26-15)14-22(4)18(20-13-17(24)21(2)3)19-6-7-23-8-11-25-12-9-23/h5,10H,6-9,11-14H2,1-4H3,(H,19,20). The quantitative estimate of drug-likeness (QED) is 0.557. The first-order chi connectivity index (χ1) is 12.5. The van der Waals surface area contributed by atoms with Gasteiger partial charge in [0.2, 0.25) is 5.91 Å². The highest BCUT2D eigenvalue weighted by atomic mass is 16.5. The van der Waals surface area contributed by atoms with Gasteiger partial charge in [-0.2, -0.15) is 0 Å². The van der Waals surface area contributed by atoms with Crippen LogP contribution in [-0.4, -0.2) is 93.6 Å². The summed E-state index contributed by atoms with van der Waals surface area (Å²) in [5.41, 5.74) is 1.11. The molecule has 0 radical (unpaired) electrons. The molecule has 1 aliphatic heterocycles. The summed E-state index contributed by atoms with van der Waals surface area (Å²) in [4.78, 5) is 22.3. The number of carbonyl (C=O) groups is 1. The summed E-state index contributed by atoms with van der Waals surface area (Å²) in [6, 6.07) is 1.96. The second-order valence-corrected chi connectivity index (χ2v) is 6.67. The maximum atomic E-state index is 11.9. The van der Waals surface area contributed by atoms with E-state index in [9.17, 15) is 4.79 Å². The lowest BCUT2D eigenvalue weighted by atomic mass is 10.2. The largest absolute Gasteiger partial charge is 0.469 e. The number of nitrogens with one attached hydrogen (secondary N) is 1. The first-order valence-electron chi connectivity index (χ1n) is 9.00. The molecule has 0 unspecified atom stereocenters. The summed E-state index contributed by atoms with van der Waals surface area (Å²) in [6.07, 6.45) is 1.69. The van der Waals surface area contributed by atoms with Gasteiger partial charge in [-0.1, -0.05) is 0 Å². The van der Waals surface area contributed by atoms with Gasteiger partial charge in [0.25, 0.3) is 0 Å². The number of aliphatic imine (C=N–C) groups is 1. The highest BCUT2D eigenvalue weighted by molar-refractivity contribution is 5.84. The van der Waals surface area contributed by atoms with Gasteiger partial charge >= 0.3 is 0 Å². The van der Waals surface area contributed by atoms with Crippen molar-refractivity contribution < 1.29 is 13.9 Å². The van der Waals surface area contributed by atoms with Crippen molar-refractivity contribution in [3.05, 3.63) is 23.7 Å². The van der Waals surface area contributed by atoms with Crippen molar-refractivity contribution in [1.82, 2.24) is 20.0 Å². The Morgan fingerprint density at radius 1 is 1.31 bits per heavy atom. The van der Waals surface area contributed by atoms with Crippen LogP contribution < -0.4 is 5.32 Å². The number of amides is 1. The Labute approximate surface area is 155 Å². The summed E-state index contributed by atoms with van der Waals surface area (Å²) >= 11 is 0. The van der Waals surface area contributed by atoms with E-state index < -0.39 is 0 Å². The van der Waals surface area contributed by atoms with Crippen molar-refractivity contribution in [3.8, 4) is 0 Å². The molecule has 1 fully saturated rings. The summed E-state index contributed by atoms with van der Waals surface area (Å²) in [7, 11) is 5.44. The van der Waals surface area contributed by atoms with Gasteiger partial charge in [-0.25, -0.2) is 4.99 Å². The summed E-state index contributed by atoms with van der Waals surface area (Å²) in [5.74, 6) is 1.59. The Morgan fingerprint density at radius 3 is 2.65 bits per heavy atom. The molecule has 2 rings (SSSR count). The SMILES string of the molecule is Cc1occc1CN(C)C(=NCC(=O)N(C)C)NCCN1CCOCC1. The van der Waals surface area contributed by atoms with Crippen LogP contribution in [0.1, 0.15) is 11.3 Å². The topological polar surface area (TPSA) is 73.6 Å². The van der Waals surface area contributed by atoms with Crippen molar-refractivity contribution in [2.45, 2.75) is 13.5 Å². The third-order valence-electron chi connectivity index (χ3n) is 4.41. The molecule has 1 N–H and O–H groups in total. The molecule has 2 heterocycles. The number of morpholine rings is 1. The van der Waals surface area contributed by atoms with Gasteiger partial charge in [0.1, 0.15) is 12.3 Å². The highest BCUT2D eigenvalue weighted by Crippen LogP contribution is 2.11. The fraction of sp³-hybridized carbons (Fsp3) is 0.667. The van der Waals surface area contributed by atoms with E-state index in [-0.39, 0.29) is 12.5 Å². The van der Waals surface area contributed by atoms with Gasteiger partial charge in [-0.3, -0.25) is 9.69 Å². The van der Waals surface area contributed by atoms with Gasteiger partial charge in [0, 0.05) is 59.4 Å². The number of likely N-dealkylation sites (N-methyl/N-ethyl adjacent to an activating group) is 1. The number of hydrogen-bond acceptors (Lipinski definition) is 5. The Hall–Kier alpha value is -2.06. The predicted molar refractivity (Wildman–Crippen MR) is 101 cm³/mol. The second kappa shape index (κ2) is 10.2. The van der Waals surface area contributed by atoms with Crippen molar-refractivity contribution in [2.24, 2.45) is 4.99 Å². The van der Waals surface area contributed by atoms with E-state index in [2.05, 4.69) is 15.2 Å². The molecule has 0 atom stereocenters. The average molecular weight is 365 g/mol. The molecule has 8 heteroatoms. The van der Waals surface area contributed by atoms with E-state index in [0.717, 1.165) is 50.7 Å². The fourth-order valence-corrected chi connectivity index (χ4v) is 2.65. The molecule has 1 aromatic rings. The van der Waals surface area contributed by atoms with Gasteiger partial charge < -0.3 is 24.3 Å². The fourth-order valence-electron chi connectivity index (χ4n) is 2.65. The van der Waals surface area contributed by atoms with Gasteiger partial charge in [0.15, 0.2) is 5.96 Å². The summed E-state index contributed by atoms with van der Waals surface area (Å²) < 4.78 is 10.7. The Balaban J connectivity index is 1.94. The molecule has 146 valence electrons. The lowest BCUT2D eigenvalue weighted by Crippen LogP contribution is -2.45. The zero-order valence-corrected chi connectivity index (χ0v) is 16.3. The lowest BCUT2D eigenvalue weighted by Gasteiger charge is -2.28. The second-order valence-electron chi connectivity index (χ2n) is 6.67. The summed E-state index contributed by atoms with van der Waals surface area (Å²) in [5, 5.41) is 3.39. The molecule has 1 aromatic heterocycles. The molecule has 0 bridgehead atoms.